The number of hydrogen-bond acceptors (Lipinski definition) is 5. The van der Waals surface area contributed by atoms with Crippen LogP contribution >= 0.6 is 0 Å². The Kier molecular flexibility index (Phi) is 5.03. The standard InChI is InChI=1S/C20H21NO4/c1-4-25-15-7-5-13(6-8-15)20(22)19-16-12-18(24-3)17(23-2)11-14(16)9-10-21-19/h5-8,11-12H,4,9-10H2,1-3H3. The summed E-state index contributed by atoms with van der Waals surface area (Å²) in [6, 6.07) is 10.9. The maximum atomic E-state index is 12.9. The van der Waals surface area contributed by atoms with Crippen molar-refractivity contribution in [1.29, 1.82) is 0 Å². The average molecular weight is 339 g/mol. The smallest absolute Gasteiger partial charge is 0.211 e. The van der Waals surface area contributed by atoms with Gasteiger partial charge in [-0.25, -0.2) is 0 Å². The predicted octanol–water partition coefficient (Wildman–Crippen LogP) is 3.33. The Morgan fingerprint density at radius 2 is 1.76 bits per heavy atom. The molecule has 0 spiro atoms. The second-order valence-electron chi connectivity index (χ2n) is 5.63. The third kappa shape index (κ3) is 3.36. The third-order valence-electron chi connectivity index (χ3n) is 4.16. The van der Waals surface area contributed by atoms with Crippen LogP contribution in [0.15, 0.2) is 41.4 Å². The highest BCUT2D eigenvalue weighted by Crippen LogP contribution is 2.33. The lowest BCUT2D eigenvalue weighted by molar-refractivity contribution is 0.106. The van der Waals surface area contributed by atoms with Crippen molar-refractivity contribution >= 4 is 11.5 Å². The van der Waals surface area contributed by atoms with E-state index in [1.54, 1.807) is 38.5 Å². The first-order valence-electron chi connectivity index (χ1n) is 8.25. The van der Waals surface area contributed by atoms with E-state index in [2.05, 4.69) is 4.99 Å². The lowest BCUT2D eigenvalue weighted by Gasteiger charge is -2.19. The van der Waals surface area contributed by atoms with Crippen molar-refractivity contribution in [1.82, 2.24) is 0 Å². The van der Waals surface area contributed by atoms with Crippen LogP contribution in [0.3, 0.4) is 0 Å². The molecule has 25 heavy (non-hydrogen) atoms. The minimum atomic E-state index is -0.101. The zero-order chi connectivity index (χ0) is 17.8. The van der Waals surface area contributed by atoms with Crippen molar-refractivity contribution in [2.24, 2.45) is 4.99 Å². The molecule has 2 aromatic carbocycles. The van der Waals surface area contributed by atoms with Crippen LogP contribution in [0.1, 0.15) is 28.4 Å². The summed E-state index contributed by atoms with van der Waals surface area (Å²) >= 11 is 0. The number of ether oxygens (including phenoxy) is 3. The summed E-state index contributed by atoms with van der Waals surface area (Å²) < 4.78 is 16.2. The summed E-state index contributed by atoms with van der Waals surface area (Å²) in [6.07, 6.45) is 0.774. The van der Waals surface area contributed by atoms with Crippen molar-refractivity contribution in [3.05, 3.63) is 53.1 Å². The number of fused-ring (bicyclic) bond motifs is 1. The molecule has 5 nitrogen and oxygen atoms in total. The first-order valence-corrected chi connectivity index (χ1v) is 8.25. The fourth-order valence-corrected chi connectivity index (χ4v) is 2.92. The van der Waals surface area contributed by atoms with Crippen LogP contribution in [0.25, 0.3) is 0 Å². The average Bonchev–Trinajstić information content (AvgIpc) is 2.66. The molecule has 130 valence electrons. The largest absolute Gasteiger partial charge is 0.494 e. The zero-order valence-corrected chi connectivity index (χ0v) is 14.7. The predicted molar refractivity (Wildman–Crippen MR) is 96.6 cm³/mol. The van der Waals surface area contributed by atoms with Crippen molar-refractivity contribution in [2.45, 2.75) is 13.3 Å². The Labute approximate surface area is 147 Å². The van der Waals surface area contributed by atoms with Gasteiger partial charge in [-0.15, -0.1) is 0 Å². The molecule has 0 saturated heterocycles. The monoisotopic (exact) mass is 339 g/mol. The second kappa shape index (κ2) is 7.38. The van der Waals surface area contributed by atoms with Gasteiger partial charge >= 0.3 is 0 Å². The molecule has 0 unspecified atom stereocenters. The summed E-state index contributed by atoms with van der Waals surface area (Å²) in [7, 11) is 3.19. The van der Waals surface area contributed by atoms with Gasteiger partial charge in [-0.3, -0.25) is 9.79 Å². The molecular weight excluding hydrogens is 318 g/mol. The van der Waals surface area contributed by atoms with Crippen molar-refractivity contribution in [3.63, 3.8) is 0 Å². The first kappa shape index (κ1) is 17.0. The number of carbonyl (C=O) groups is 1. The van der Waals surface area contributed by atoms with E-state index in [1.165, 1.54) is 0 Å². The van der Waals surface area contributed by atoms with Gasteiger partial charge in [-0.1, -0.05) is 0 Å². The lowest BCUT2D eigenvalue weighted by atomic mass is 9.92. The maximum Gasteiger partial charge on any atom is 0.211 e. The van der Waals surface area contributed by atoms with Gasteiger partial charge in [-0.05, 0) is 55.3 Å². The quantitative estimate of drug-likeness (QED) is 0.758. The number of aliphatic imine (C=N–C) groups is 1. The summed E-state index contributed by atoms with van der Waals surface area (Å²) in [4.78, 5) is 17.4. The van der Waals surface area contributed by atoms with Crippen molar-refractivity contribution in [3.8, 4) is 17.2 Å². The molecule has 0 atom stereocenters. The third-order valence-corrected chi connectivity index (χ3v) is 4.16. The molecule has 1 aliphatic heterocycles. The topological polar surface area (TPSA) is 57.1 Å². The van der Waals surface area contributed by atoms with E-state index in [4.69, 9.17) is 14.2 Å². The van der Waals surface area contributed by atoms with Crippen molar-refractivity contribution < 1.29 is 19.0 Å². The number of benzene rings is 2. The van der Waals surface area contributed by atoms with Crippen LogP contribution in [0.5, 0.6) is 17.2 Å². The molecule has 2 aromatic rings. The van der Waals surface area contributed by atoms with Gasteiger partial charge in [0.05, 0.1) is 20.8 Å². The normalized spacial score (nSPS) is 12.8. The molecule has 0 radical (unpaired) electrons. The number of rotatable bonds is 6. The van der Waals surface area contributed by atoms with Gasteiger partial charge < -0.3 is 14.2 Å². The van der Waals surface area contributed by atoms with E-state index in [1.807, 2.05) is 19.1 Å². The van der Waals surface area contributed by atoms with Crippen LogP contribution in [0.2, 0.25) is 0 Å². The highest BCUT2D eigenvalue weighted by atomic mass is 16.5. The second-order valence-corrected chi connectivity index (χ2v) is 5.63. The molecule has 0 bridgehead atoms. The summed E-state index contributed by atoms with van der Waals surface area (Å²) in [5, 5.41) is 0. The summed E-state index contributed by atoms with van der Waals surface area (Å²) in [5.41, 5.74) is 2.90. The van der Waals surface area contributed by atoms with E-state index >= 15 is 0 Å². The van der Waals surface area contributed by atoms with E-state index in [0.717, 1.165) is 23.3 Å². The molecule has 3 rings (SSSR count). The van der Waals surface area contributed by atoms with Gasteiger partial charge in [0, 0.05) is 17.7 Å². The van der Waals surface area contributed by atoms with E-state index in [0.29, 0.717) is 35.9 Å². The number of hydrogen-bond donors (Lipinski definition) is 0. The van der Waals surface area contributed by atoms with E-state index < -0.39 is 0 Å². The lowest BCUT2D eigenvalue weighted by Crippen LogP contribution is -2.22. The van der Waals surface area contributed by atoms with Crippen LogP contribution < -0.4 is 14.2 Å². The van der Waals surface area contributed by atoms with Gasteiger partial charge in [0.2, 0.25) is 5.78 Å². The Morgan fingerprint density at radius 1 is 1.08 bits per heavy atom. The number of nitrogens with zero attached hydrogens (tertiary/aromatic N) is 1. The molecule has 0 saturated carbocycles. The van der Waals surface area contributed by atoms with E-state index in [9.17, 15) is 4.79 Å². The molecule has 0 N–H and O–H groups in total. The summed E-state index contributed by atoms with van der Waals surface area (Å²) in [5.74, 6) is 1.90. The fraction of sp³-hybridized carbons (Fsp3) is 0.300. The molecule has 0 amide bonds. The Bertz CT molecular complexity index is 809. The minimum absolute atomic E-state index is 0.101. The molecule has 0 fully saturated rings. The van der Waals surface area contributed by atoms with Crippen LogP contribution in [0.4, 0.5) is 0 Å². The fourth-order valence-electron chi connectivity index (χ4n) is 2.92. The number of methoxy groups -OCH3 is 2. The highest BCUT2D eigenvalue weighted by Gasteiger charge is 2.24. The molecule has 1 heterocycles. The molecular formula is C20H21NO4. The number of ketones is 1. The van der Waals surface area contributed by atoms with Gasteiger partial charge in [0.1, 0.15) is 11.5 Å². The van der Waals surface area contributed by atoms with Crippen LogP contribution in [-0.4, -0.2) is 38.9 Å². The minimum Gasteiger partial charge on any atom is -0.494 e. The maximum absolute atomic E-state index is 12.9. The van der Waals surface area contributed by atoms with Gasteiger partial charge in [-0.2, -0.15) is 0 Å². The van der Waals surface area contributed by atoms with Gasteiger partial charge in [0.25, 0.3) is 0 Å². The number of Topliss-reactive ketones (excluding diaryl/α,β-unsaturated/α-hetero) is 1. The zero-order valence-electron chi connectivity index (χ0n) is 14.7. The molecule has 1 aliphatic rings. The first-order chi connectivity index (χ1) is 12.2. The number of carbonyl (C=O) groups excluding carboxylic acids is 1. The SMILES string of the molecule is CCOc1ccc(C(=O)C2=NCCc3cc(OC)c(OC)cc32)cc1. The van der Waals surface area contributed by atoms with Crippen LogP contribution in [-0.2, 0) is 6.42 Å². The molecule has 0 aromatic heterocycles. The van der Waals surface area contributed by atoms with E-state index in [-0.39, 0.29) is 5.78 Å². The van der Waals surface area contributed by atoms with Gasteiger partial charge in [0.15, 0.2) is 11.5 Å². The Morgan fingerprint density at radius 3 is 2.40 bits per heavy atom. The Hall–Kier alpha value is -2.82. The molecule has 5 heteroatoms. The van der Waals surface area contributed by atoms with Crippen LogP contribution in [0, 0.1) is 0 Å². The highest BCUT2D eigenvalue weighted by molar-refractivity contribution is 6.52. The Balaban J connectivity index is 1.96. The summed E-state index contributed by atoms with van der Waals surface area (Å²) in [6.45, 7) is 3.10. The van der Waals surface area contributed by atoms with Crippen molar-refractivity contribution in [2.75, 3.05) is 27.4 Å². The molecule has 0 aliphatic carbocycles.